The van der Waals surface area contributed by atoms with Gasteiger partial charge in [0.1, 0.15) is 30.2 Å². The van der Waals surface area contributed by atoms with Crippen molar-refractivity contribution in [1.82, 2.24) is 41.9 Å². The molecule has 67 heavy (non-hydrogen) atoms. The van der Waals surface area contributed by atoms with Crippen LogP contribution in [0.2, 0.25) is 0 Å². The maximum atomic E-state index is 14.5. The maximum absolute atomic E-state index is 14.5. The number of nitrogens with zero attached hydrogens (tertiary/aromatic N) is 1. The molecule has 5 atom stereocenters. The third-order valence-electron chi connectivity index (χ3n) is 11.1. The van der Waals surface area contributed by atoms with Gasteiger partial charge in [0.25, 0.3) is 0 Å². The van der Waals surface area contributed by atoms with Crippen molar-refractivity contribution in [3.8, 4) is 0 Å². The maximum Gasteiger partial charge on any atom is 0.249 e. The fourth-order valence-electron chi connectivity index (χ4n) is 7.84. The van der Waals surface area contributed by atoms with E-state index in [1.807, 2.05) is 92.7 Å². The number of hydrogen-bond acceptors (Lipinski definition) is 8. The van der Waals surface area contributed by atoms with E-state index in [1.165, 1.54) is 6.92 Å². The van der Waals surface area contributed by atoms with Crippen molar-refractivity contribution in [2.24, 2.45) is 22.4 Å². The van der Waals surface area contributed by atoms with Crippen LogP contribution in [0, 0.1) is 5.92 Å². The largest absolute Gasteiger partial charge is 0.370 e. The summed E-state index contributed by atoms with van der Waals surface area (Å²) in [6, 6.07) is 18.2. The van der Waals surface area contributed by atoms with Gasteiger partial charge in [0.15, 0.2) is 5.96 Å². The molecule has 3 aromatic carbocycles. The minimum Gasteiger partial charge on any atom is -0.370 e. The third kappa shape index (κ3) is 15.3. The highest BCUT2D eigenvalue weighted by Gasteiger charge is 2.34. The van der Waals surface area contributed by atoms with Crippen LogP contribution in [-0.4, -0.2) is 94.0 Å². The van der Waals surface area contributed by atoms with Crippen LogP contribution >= 0.6 is 0 Å². The standard InChI is InChI=1S/C49H63N11O7/c1-5-14-43(62)60-48(67)42(26-33-28-54-37-20-12-10-18-35(33)37)58-44(63)38(21-13-22-52-49(50)51)56-45(64)39(23-29(2)3)57-47(66)41(25-32-27-53-36-19-11-9-17-34(32)36)59-46(65)40(55-30(4)61)24-31-15-7-6-8-16-31/h6-12,15-20,27-29,38-42,53-54H,5,13-14,21-26H2,1-4H3,(H,55,61)(H,56,64)(H,57,66)(H,58,63)(H,59,65)(H4,50,51,52)(H,60,62,67)/t38-,39-,40+,41-,42-/m0/s1. The first-order valence-corrected chi connectivity index (χ1v) is 22.6. The summed E-state index contributed by atoms with van der Waals surface area (Å²) in [7, 11) is 0. The number of rotatable bonds is 24. The fourth-order valence-corrected chi connectivity index (χ4v) is 7.84. The number of carbonyl (C=O) groups is 7. The number of aliphatic imine (C=N–C) groups is 1. The Kier molecular flexibility index (Phi) is 18.6. The molecule has 2 heterocycles. The highest BCUT2D eigenvalue weighted by Crippen LogP contribution is 2.21. The van der Waals surface area contributed by atoms with E-state index in [-0.39, 0.29) is 63.4 Å². The molecule has 0 radical (unpaired) electrons. The Hall–Kier alpha value is -7.50. The van der Waals surface area contributed by atoms with Gasteiger partial charge in [0, 0.05) is 73.4 Å². The number of fused-ring (bicyclic) bond motifs is 2. The van der Waals surface area contributed by atoms with Gasteiger partial charge >= 0.3 is 0 Å². The second-order valence-corrected chi connectivity index (χ2v) is 17.1. The molecule has 0 spiro atoms. The molecule has 356 valence electrons. The number of imide groups is 1. The number of amides is 7. The first kappa shape index (κ1) is 50.5. The summed E-state index contributed by atoms with van der Waals surface area (Å²) in [5.41, 5.74) is 15.0. The van der Waals surface area contributed by atoms with Gasteiger partial charge in [-0.05, 0) is 60.4 Å². The van der Waals surface area contributed by atoms with E-state index in [4.69, 9.17) is 11.5 Å². The van der Waals surface area contributed by atoms with Gasteiger partial charge in [-0.15, -0.1) is 0 Å². The van der Waals surface area contributed by atoms with Gasteiger partial charge in [-0.3, -0.25) is 43.9 Å². The number of guanidine groups is 1. The zero-order valence-electron chi connectivity index (χ0n) is 38.4. The van der Waals surface area contributed by atoms with E-state index in [0.29, 0.717) is 12.0 Å². The van der Waals surface area contributed by atoms with Crippen molar-refractivity contribution < 1.29 is 33.6 Å². The molecule has 0 aliphatic carbocycles. The van der Waals surface area contributed by atoms with Crippen LogP contribution in [0.4, 0.5) is 0 Å². The highest BCUT2D eigenvalue weighted by molar-refractivity contribution is 6.01. The molecule has 2 aromatic heterocycles. The fraction of sp³-hybridized carbons (Fsp3) is 0.388. The van der Waals surface area contributed by atoms with E-state index in [1.54, 1.807) is 19.3 Å². The predicted molar refractivity (Wildman–Crippen MR) is 257 cm³/mol. The van der Waals surface area contributed by atoms with Crippen molar-refractivity contribution in [2.45, 2.75) is 109 Å². The number of hydrogen-bond donors (Lipinski definition) is 10. The molecule has 0 saturated heterocycles. The quantitative estimate of drug-likeness (QED) is 0.0247. The smallest absolute Gasteiger partial charge is 0.249 e. The van der Waals surface area contributed by atoms with Crippen molar-refractivity contribution in [2.75, 3.05) is 6.54 Å². The van der Waals surface area contributed by atoms with Crippen LogP contribution in [0.3, 0.4) is 0 Å². The summed E-state index contributed by atoms with van der Waals surface area (Å²) >= 11 is 0. The second kappa shape index (κ2) is 24.7. The Labute approximate surface area is 389 Å². The first-order valence-electron chi connectivity index (χ1n) is 22.6. The van der Waals surface area contributed by atoms with Crippen molar-refractivity contribution in [3.63, 3.8) is 0 Å². The van der Waals surface area contributed by atoms with Crippen LogP contribution in [0.25, 0.3) is 21.8 Å². The Morgan fingerprint density at radius 2 is 1.07 bits per heavy atom. The molecule has 18 nitrogen and oxygen atoms in total. The number of nitrogens with two attached hydrogens (primary N) is 2. The lowest BCUT2D eigenvalue weighted by Crippen LogP contribution is -2.60. The Balaban J connectivity index is 1.41. The van der Waals surface area contributed by atoms with Crippen LogP contribution < -0.4 is 43.4 Å². The Bertz CT molecular complexity index is 2530. The van der Waals surface area contributed by atoms with Crippen molar-refractivity contribution >= 4 is 69.1 Å². The van der Waals surface area contributed by atoms with Crippen LogP contribution in [0.5, 0.6) is 0 Å². The third-order valence-corrected chi connectivity index (χ3v) is 11.1. The lowest BCUT2D eigenvalue weighted by molar-refractivity contribution is -0.136. The van der Waals surface area contributed by atoms with Gasteiger partial charge in [-0.1, -0.05) is 87.5 Å². The van der Waals surface area contributed by atoms with E-state index >= 15 is 0 Å². The average molecular weight is 918 g/mol. The molecule has 5 aromatic rings. The zero-order valence-corrected chi connectivity index (χ0v) is 38.4. The summed E-state index contributed by atoms with van der Waals surface area (Å²) in [6.07, 6.45) is 4.67. The molecular formula is C49H63N11O7. The summed E-state index contributed by atoms with van der Waals surface area (Å²) in [6.45, 7) is 6.96. The minimum atomic E-state index is -1.25. The van der Waals surface area contributed by atoms with Crippen molar-refractivity contribution in [3.05, 3.63) is 108 Å². The predicted octanol–water partition coefficient (Wildman–Crippen LogP) is 2.66. The second-order valence-electron chi connectivity index (χ2n) is 17.1. The van der Waals surface area contributed by atoms with Gasteiger partial charge in [0.2, 0.25) is 41.4 Å². The number of aromatic nitrogens is 2. The average Bonchev–Trinajstić information content (AvgIpc) is 3.90. The van der Waals surface area contributed by atoms with E-state index in [2.05, 4.69) is 46.9 Å². The number of carbonyl (C=O) groups excluding carboxylic acids is 7. The summed E-state index contributed by atoms with van der Waals surface area (Å²) in [5.74, 6) is -4.65. The van der Waals surface area contributed by atoms with Crippen LogP contribution in [0.1, 0.15) is 76.5 Å². The van der Waals surface area contributed by atoms with Gasteiger partial charge in [0.05, 0.1) is 0 Å². The lowest BCUT2D eigenvalue weighted by atomic mass is 9.99. The molecule has 5 rings (SSSR count). The molecule has 0 fully saturated rings. The van der Waals surface area contributed by atoms with Crippen LogP contribution in [0.15, 0.2) is 96.2 Å². The lowest BCUT2D eigenvalue weighted by Gasteiger charge is -2.28. The summed E-state index contributed by atoms with van der Waals surface area (Å²) in [5, 5.41) is 18.0. The molecule has 0 bridgehead atoms. The number of benzene rings is 3. The van der Waals surface area contributed by atoms with Crippen molar-refractivity contribution in [1.29, 1.82) is 0 Å². The highest BCUT2D eigenvalue weighted by atomic mass is 16.2. The number of aromatic amines is 2. The molecule has 0 aliphatic rings. The topological polar surface area (TPSA) is 288 Å². The van der Waals surface area contributed by atoms with Crippen LogP contribution in [-0.2, 0) is 52.8 Å². The summed E-state index contributed by atoms with van der Waals surface area (Å²) in [4.78, 5) is 106. The SMILES string of the molecule is CCCC(=O)NC(=O)[C@H](Cc1c[nH]c2ccccc12)NC(=O)[C@H](CCCN=C(N)N)NC(=O)[C@H](CC(C)C)NC(=O)[C@H](Cc1c[nH]c2ccccc12)NC(=O)[C@@H](Cc1ccccc1)NC(C)=O. The molecule has 0 unspecified atom stereocenters. The van der Waals surface area contributed by atoms with Gasteiger partial charge in [-0.25, -0.2) is 0 Å². The monoisotopic (exact) mass is 917 g/mol. The molecule has 0 saturated carbocycles. The Morgan fingerprint density at radius 3 is 1.61 bits per heavy atom. The zero-order chi connectivity index (χ0) is 48.5. The Morgan fingerprint density at radius 1 is 0.597 bits per heavy atom. The molecule has 12 N–H and O–H groups in total. The van der Waals surface area contributed by atoms with E-state index in [0.717, 1.165) is 32.9 Å². The summed E-state index contributed by atoms with van der Waals surface area (Å²) < 4.78 is 0. The minimum absolute atomic E-state index is 0.0133. The van der Waals surface area contributed by atoms with Gasteiger partial charge < -0.3 is 48.0 Å². The normalized spacial score (nSPS) is 13.4. The number of para-hydroxylation sites is 2. The molecule has 7 amide bonds. The van der Waals surface area contributed by atoms with E-state index < -0.39 is 71.6 Å². The van der Waals surface area contributed by atoms with E-state index in [9.17, 15) is 33.6 Å². The molecular weight excluding hydrogens is 855 g/mol. The number of nitrogens with one attached hydrogen (secondary N) is 8. The number of H-pyrrole nitrogens is 2. The first-order chi connectivity index (χ1) is 32.1. The molecule has 18 heteroatoms. The molecule has 0 aliphatic heterocycles. The van der Waals surface area contributed by atoms with Gasteiger partial charge in [-0.2, -0.15) is 0 Å².